The molecule has 30 heavy (non-hydrogen) atoms. The number of hydroxylamine groups is 1. The van der Waals surface area contributed by atoms with E-state index in [9.17, 15) is 24.6 Å². The summed E-state index contributed by atoms with van der Waals surface area (Å²) < 4.78 is 18.4. The lowest BCUT2D eigenvalue weighted by molar-refractivity contribution is -0.137. The standard InChI is InChI=1S/C22H34FNO6/c23-15-7-10-17(11-8-15)30-14-16(25)9-12-18-19(21(26)13-20(18)24-29)5-3-1-2-4-6-22(27)28/h7-8,10-11,16,18-21,24-26,29H,1-6,9,12-14H2,(H,27,28)/t16-,18-,19?,20?,21+/m1/s1. The Bertz CT molecular complexity index is 629. The molecule has 0 spiro atoms. The molecular weight excluding hydrogens is 393 g/mol. The molecule has 0 amide bonds. The summed E-state index contributed by atoms with van der Waals surface area (Å²) in [5.41, 5.74) is 2.31. The number of carbonyl (C=O) groups is 1. The van der Waals surface area contributed by atoms with Crippen molar-refractivity contribution in [1.82, 2.24) is 5.48 Å². The maximum absolute atomic E-state index is 12.9. The number of halogens is 1. The maximum atomic E-state index is 12.9. The van der Waals surface area contributed by atoms with Crippen molar-refractivity contribution >= 4 is 5.97 Å². The van der Waals surface area contributed by atoms with Gasteiger partial charge >= 0.3 is 5.97 Å². The van der Waals surface area contributed by atoms with Crippen molar-refractivity contribution in [3.05, 3.63) is 30.1 Å². The molecule has 1 aromatic rings. The highest BCUT2D eigenvalue weighted by Crippen LogP contribution is 2.39. The lowest BCUT2D eigenvalue weighted by Gasteiger charge is -2.26. The maximum Gasteiger partial charge on any atom is 0.303 e. The minimum atomic E-state index is -0.778. The Hall–Kier alpha value is -1.74. The SMILES string of the molecule is O=C(O)CCCCCCC1[C@@H](CC[C@@H](O)COc2ccc(F)cc2)C(NO)C[C@@H]1O. The van der Waals surface area contributed by atoms with E-state index in [1.54, 1.807) is 0 Å². The highest BCUT2D eigenvalue weighted by molar-refractivity contribution is 5.66. The van der Waals surface area contributed by atoms with E-state index in [1.165, 1.54) is 24.3 Å². The molecule has 1 fully saturated rings. The average Bonchev–Trinajstić information content (AvgIpc) is 3.03. The van der Waals surface area contributed by atoms with E-state index >= 15 is 0 Å². The van der Waals surface area contributed by atoms with Gasteiger partial charge in [0.05, 0.1) is 12.2 Å². The summed E-state index contributed by atoms with van der Waals surface area (Å²) in [7, 11) is 0. The average molecular weight is 428 g/mol. The fourth-order valence-electron chi connectivity index (χ4n) is 4.36. The summed E-state index contributed by atoms with van der Waals surface area (Å²) >= 11 is 0. The fourth-order valence-corrected chi connectivity index (χ4v) is 4.36. The van der Waals surface area contributed by atoms with Crippen molar-refractivity contribution in [1.29, 1.82) is 0 Å². The van der Waals surface area contributed by atoms with Gasteiger partial charge in [0.25, 0.3) is 0 Å². The van der Waals surface area contributed by atoms with Gasteiger partial charge in [-0.25, -0.2) is 9.87 Å². The quantitative estimate of drug-likeness (QED) is 0.229. The molecule has 1 saturated carbocycles. The molecule has 1 aromatic carbocycles. The molecule has 5 N–H and O–H groups in total. The number of hydrogen-bond donors (Lipinski definition) is 5. The first-order valence-corrected chi connectivity index (χ1v) is 10.8. The number of aliphatic hydroxyl groups excluding tert-OH is 2. The highest BCUT2D eigenvalue weighted by Gasteiger charge is 2.41. The number of hydrogen-bond acceptors (Lipinski definition) is 6. The lowest BCUT2D eigenvalue weighted by atomic mass is 9.84. The number of aliphatic carboxylic acids is 1. The fraction of sp³-hybridized carbons (Fsp3) is 0.682. The highest BCUT2D eigenvalue weighted by atomic mass is 19.1. The van der Waals surface area contributed by atoms with Gasteiger partial charge in [0.2, 0.25) is 0 Å². The third-order valence-electron chi connectivity index (χ3n) is 5.99. The number of rotatable bonds is 14. The van der Waals surface area contributed by atoms with Crippen LogP contribution in [0.2, 0.25) is 0 Å². The zero-order chi connectivity index (χ0) is 21.9. The number of aliphatic hydroxyl groups is 2. The molecule has 8 heteroatoms. The Morgan fingerprint density at radius 3 is 2.50 bits per heavy atom. The molecule has 0 saturated heterocycles. The first-order chi connectivity index (χ1) is 14.4. The van der Waals surface area contributed by atoms with Crippen LogP contribution >= 0.6 is 0 Å². The van der Waals surface area contributed by atoms with E-state index in [0.29, 0.717) is 31.4 Å². The van der Waals surface area contributed by atoms with Gasteiger partial charge in [0.15, 0.2) is 0 Å². The Kier molecular flexibility index (Phi) is 10.5. The normalized spacial score (nSPS) is 24.7. The smallest absolute Gasteiger partial charge is 0.303 e. The minimum absolute atomic E-state index is 0.0272. The zero-order valence-electron chi connectivity index (χ0n) is 17.3. The first kappa shape index (κ1) is 24.5. The van der Waals surface area contributed by atoms with E-state index in [-0.39, 0.29) is 36.7 Å². The molecule has 1 aliphatic carbocycles. The van der Waals surface area contributed by atoms with Crippen LogP contribution in [-0.2, 0) is 4.79 Å². The molecule has 170 valence electrons. The van der Waals surface area contributed by atoms with E-state index < -0.39 is 18.2 Å². The number of carboxylic acid groups (broad SMARTS) is 1. The van der Waals surface area contributed by atoms with Crippen molar-refractivity contribution < 1.29 is 34.4 Å². The minimum Gasteiger partial charge on any atom is -0.491 e. The zero-order valence-corrected chi connectivity index (χ0v) is 17.3. The lowest BCUT2D eigenvalue weighted by Crippen LogP contribution is -2.33. The topological polar surface area (TPSA) is 119 Å². The Labute approximate surface area is 176 Å². The van der Waals surface area contributed by atoms with Crippen LogP contribution in [0, 0.1) is 17.7 Å². The third kappa shape index (κ3) is 8.18. The van der Waals surface area contributed by atoms with Gasteiger partial charge in [-0.05, 0) is 68.2 Å². The van der Waals surface area contributed by atoms with Gasteiger partial charge in [-0.1, -0.05) is 19.3 Å². The van der Waals surface area contributed by atoms with Gasteiger partial charge in [-0.2, -0.15) is 0 Å². The summed E-state index contributed by atoms with van der Waals surface area (Å²) in [6.07, 6.45) is 4.65. The molecular formula is C22H34FNO6. The second-order valence-electron chi connectivity index (χ2n) is 8.21. The predicted molar refractivity (Wildman–Crippen MR) is 109 cm³/mol. The van der Waals surface area contributed by atoms with Gasteiger partial charge in [-0.3, -0.25) is 4.79 Å². The summed E-state index contributed by atoms with van der Waals surface area (Å²) in [4.78, 5) is 10.6. The Morgan fingerprint density at radius 2 is 1.83 bits per heavy atom. The molecule has 7 nitrogen and oxygen atoms in total. The van der Waals surface area contributed by atoms with Crippen LogP contribution < -0.4 is 10.2 Å². The van der Waals surface area contributed by atoms with Crippen LogP contribution in [0.4, 0.5) is 4.39 Å². The summed E-state index contributed by atoms with van der Waals surface area (Å²) in [5.74, 6) is -0.579. The van der Waals surface area contributed by atoms with Crippen LogP contribution in [0.3, 0.4) is 0 Å². The first-order valence-electron chi connectivity index (χ1n) is 10.8. The number of unbranched alkanes of at least 4 members (excludes halogenated alkanes) is 3. The predicted octanol–water partition coefficient (Wildman–Crippen LogP) is 3.12. The van der Waals surface area contributed by atoms with Crippen LogP contribution in [0.15, 0.2) is 24.3 Å². The van der Waals surface area contributed by atoms with Crippen molar-refractivity contribution in [2.45, 2.75) is 76.0 Å². The molecule has 1 aliphatic rings. The van der Waals surface area contributed by atoms with Crippen molar-refractivity contribution in [2.24, 2.45) is 11.8 Å². The summed E-state index contributed by atoms with van der Waals surface area (Å²) in [6, 6.07) is 5.39. The molecule has 0 aromatic heterocycles. The summed E-state index contributed by atoms with van der Waals surface area (Å²) in [6.45, 7) is 0.0897. The second-order valence-corrected chi connectivity index (χ2v) is 8.21. The van der Waals surface area contributed by atoms with Crippen LogP contribution in [0.5, 0.6) is 5.75 Å². The van der Waals surface area contributed by atoms with E-state index in [2.05, 4.69) is 5.48 Å². The molecule has 2 rings (SSSR count). The van der Waals surface area contributed by atoms with Gasteiger partial charge in [0, 0.05) is 12.5 Å². The van der Waals surface area contributed by atoms with E-state index in [1.807, 2.05) is 0 Å². The molecule has 2 unspecified atom stereocenters. The van der Waals surface area contributed by atoms with E-state index in [0.717, 1.165) is 25.7 Å². The second kappa shape index (κ2) is 12.8. The number of nitrogens with one attached hydrogen (secondary N) is 1. The van der Waals surface area contributed by atoms with Gasteiger partial charge in [0.1, 0.15) is 18.2 Å². The number of benzene rings is 1. The van der Waals surface area contributed by atoms with Gasteiger partial charge < -0.3 is 25.3 Å². The molecule has 0 bridgehead atoms. The van der Waals surface area contributed by atoms with E-state index in [4.69, 9.17) is 9.84 Å². The van der Waals surface area contributed by atoms with Crippen molar-refractivity contribution in [2.75, 3.05) is 6.61 Å². The number of carboxylic acids is 1. The van der Waals surface area contributed by atoms with Crippen LogP contribution in [-0.4, -0.2) is 51.4 Å². The Balaban J connectivity index is 1.75. The molecule has 0 heterocycles. The van der Waals surface area contributed by atoms with Crippen molar-refractivity contribution in [3.8, 4) is 5.75 Å². The monoisotopic (exact) mass is 427 g/mol. The van der Waals surface area contributed by atoms with Crippen molar-refractivity contribution in [3.63, 3.8) is 0 Å². The third-order valence-corrected chi connectivity index (χ3v) is 5.99. The summed E-state index contributed by atoms with van der Waals surface area (Å²) in [5, 5.41) is 38.8. The molecule has 5 atom stereocenters. The van der Waals surface area contributed by atoms with Crippen LogP contribution in [0.25, 0.3) is 0 Å². The molecule has 0 radical (unpaired) electrons. The number of ether oxygens (including phenoxy) is 1. The largest absolute Gasteiger partial charge is 0.491 e. The van der Waals surface area contributed by atoms with Crippen LogP contribution in [0.1, 0.15) is 57.8 Å². The Morgan fingerprint density at radius 1 is 1.13 bits per heavy atom. The molecule has 0 aliphatic heterocycles. The van der Waals surface area contributed by atoms with Gasteiger partial charge in [-0.15, -0.1) is 0 Å².